The lowest BCUT2D eigenvalue weighted by molar-refractivity contribution is 0.376. The van der Waals surface area contributed by atoms with Crippen LogP contribution >= 0.6 is 0 Å². The topological polar surface area (TPSA) is 26.3 Å². The van der Waals surface area contributed by atoms with Gasteiger partial charge >= 0.3 is 0 Å². The fraction of sp³-hybridized carbons (Fsp3) is 0.714. The third-order valence-electron chi connectivity index (χ3n) is 6.20. The van der Waals surface area contributed by atoms with Gasteiger partial charge in [-0.15, -0.1) is 0 Å². The molecule has 2 rings (SSSR count). The van der Waals surface area contributed by atoms with Gasteiger partial charge in [0.2, 0.25) is 0 Å². The molecule has 0 bridgehead atoms. The Morgan fingerprint density at radius 3 is 1.47 bits per heavy atom. The first-order valence-corrected chi connectivity index (χ1v) is 13.0. The lowest BCUT2D eigenvalue weighted by Crippen LogP contribution is -1.99. The van der Waals surface area contributed by atoms with Gasteiger partial charge < -0.3 is 8.83 Å². The largest absolute Gasteiger partial charge is 0.465 e. The summed E-state index contributed by atoms with van der Waals surface area (Å²) < 4.78 is 12.6. The van der Waals surface area contributed by atoms with Crippen molar-refractivity contribution in [2.75, 3.05) is 0 Å². The first-order chi connectivity index (χ1) is 14.8. The van der Waals surface area contributed by atoms with Crippen LogP contribution in [0.4, 0.5) is 0 Å². The summed E-state index contributed by atoms with van der Waals surface area (Å²) in [5.41, 5.74) is 0. The van der Waals surface area contributed by atoms with Crippen molar-refractivity contribution in [1.82, 2.24) is 0 Å². The van der Waals surface area contributed by atoms with E-state index in [9.17, 15) is 0 Å². The normalized spacial score (nSPS) is 11.6. The van der Waals surface area contributed by atoms with Crippen LogP contribution in [-0.2, 0) is 12.8 Å². The molecule has 2 heterocycles. The molecule has 0 aliphatic rings. The molecule has 0 radical (unpaired) electrons. The molecule has 0 aliphatic carbocycles. The summed E-state index contributed by atoms with van der Waals surface area (Å²) in [7, 11) is 0. The first kappa shape index (κ1) is 24.8. The van der Waals surface area contributed by atoms with Crippen molar-refractivity contribution in [2.45, 2.75) is 129 Å². The summed E-state index contributed by atoms with van der Waals surface area (Å²) in [4.78, 5) is 0. The summed E-state index contributed by atoms with van der Waals surface area (Å²) in [6.45, 7) is 6.78. The third kappa shape index (κ3) is 9.14. The van der Waals surface area contributed by atoms with E-state index in [1.54, 1.807) is 0 Å². The molecular weight excluding hydrogens is 368 g/mol. The number of hydrogen-bond donors (Lipinski definition) is 0. The van der Waals surface area contributed by atoms with Crippen molar-refractivity contribution >= 4 is 0 Å². The molecule has 0 amide bonds. The van der Waals surface area contributed by atoms with E-state index in [4.69, 9.17) is 8.83 Å². The van der Waals surface area contributed by atoms with Crippen molar-refractivity contribution in [3.05, 3.63) is 47.3 Å². The smallest absolute Gasteiger partial charge is 0.114 e. The standard InChI is InChI=1S/C28H46O2/c1-4-7-10-11-12-13-16-19-26(27-22-20-24(29-27)17-14-8-5-2)28-23-21-25(30-28)18-15-9-6-3/h20-23,26H,4-19H2,1-3H3. The maximum Gasteiger partial charge on any atom is 0.114 e. The Balaban J connectivity index is 1.96. The number of furan rings is 2. The van der Waals surface area contributed by atoms with E-state index in [0.29, 0.717) is 0 Å². The fourth-order valence-corrected chi connectivity index (χ4v) is 4.26. The van der Waals surface area contributed by atoms with Crippen LogP contribution in [0.3, 0.4) is 0 Å². The quantitative estimate of drug-likeness (QED) is 0.227. The first-order valence-electron chi connectivity index (χ1n) is 13.0. The van der Waals surface area contributed by atoms with Gasteiger partial charge in [0.25, 0.3) is 0 Å². The summed E-state index contributed by atoms with van der Waals surface area (Å²) in [5, 5.41) is 0. The Labute approximate surface area is 185 Å². The molecule has 30 heavy (non-hydrogen) atoms. The number of unbranched alkanes of at least 4 members (excludes halogenated alkanes) is 10. The zero-order chi connectivity index (χ0) is 21.4. The summed E-state index contributed by atoms with van der Waals surface area (Å²) in [6.07, 6.45) is 20.1. The summed E-state index contributed by atoms with van der Waals surface area (Å²) >= 11 is 0. The molecule has 0 saturated heterocycles. The molecule has 2 aromatic heterocycles. The number of rotatable bonds is 18. The van der Waals surface area contributed by atoms with Crippen LogP contribution in [-0.4, -0.2) is 0 Å². The molecular formula is C28H46O2. The van der Waals surface area contributed by atoms with E-state index in [2.05, 4.69) is 45.0 Å². The molecule has 0 spiro atoms. The Hall–Kier alpha value is -1.44. The second kappa shape index (κ2) is 15.4. The SMILES string of the molecule is CCCCCCCCCC(c1ccc(CCCCC)o1)c1ccc(CCCCC)o1. The van der Waals surface area contributed by atoms with Gasteiger partial charge in [-0.25, -0.2) is 0 Å². The van der Waals surface area contributed by atoms with Gasteiger partial charge in [0.05, 0.1) is 5.92 Å². The highest BCUT2D eigenvalue weighted by atomic mass is 16.4. The van der Waals surface area contributed by atoms with Crippen molar-refractivity contribution in [3.8, 4) is 0 Å². The zero-order valence-electron chi connectivity index (χ0n) is 20.0. The van der Waals surface area contributed by atoms with E-state index >= 15 is 0 Å². The van der Waals surface area contributed by atoms with Crippen LogP contribution in [0.1, 0.15) is 140 Å². The molecule has 0 aliphatic heterocycles. The molecule has 0 fully saturated rings. The van der Waals surface area contributed by atoms with E-state index in [0.717, 1.165) is 42.3 Å². The molecule has 0 unspecified atom stereocenters. The second-order valence-corrected chi connectivity index (χ2v) is 8.98. The average molecular weight is 415 g/mol. The molecule has 0 atom stereocenters. The molecule has 170 valence electrons. The molecule has 2 aromatic rings. The Morgan fingerprint density at radius 2 is 0.967 bits per heavy atom. The number of aryl methyl sites for hydroxylation is 2. The van der Waals surface area contributed by atoms with Gasteiger partial charge in [0.15, 0.2) is 0 Å². The van der Waals surface area contributed by atoms with E-state index in [1.165, 1.54) is 83.5 Å². The molecule has 0 aromatic carbocycles. The molecule has 0 N–H and O–H groups in total. The predicted octanol–water partition coefficient (Wildman–Crippen LogP) is 9.61. The molecule has 2 nitrogen and oxygen atoms in total. The fourth-order valence-electron chi connectivity index (χ4n) is 4.26. The van der Waals surface area contributed by atoms with Gasteiger partial charge in [-0.05, 0) is 43.5 Å². The summed E-state index contributed by atoms with van der Waals surface area (Å²) in [6, 6.07) is 8.78. The third-order valence-corrected chi connectivity index (χ3v) is 6.20. The van der Waals surface area contributed by atoms with Crippen molar-refractivity contribution in [1.29, 1.82) is 0 Å². The zero-order valence-corrected chi connectivity index (χ0v) is 20.0. The maximum absolute atomic E-state index is 6.30. The second-order valence-electron chi connectivity index (χ2n) is 8.98. The highest BCUT2D eigenvalue weighted by Crippen LogP contribution is 2.33. The average Bonchev–Trinajstić information content (AvgIpc) is 3.41. The van der Waals surface area contributed by atoms with Gasteiger partial charge in [0, 0.05) is 12.8 Å². The van der Waals surface area contributed by atoms with Crippen LogP contribution in [0, 0.1) is 0 Å². The van der Waals surface area contributed by atoms with Gasteiger partial charge in [0.1, 0.15) is 23.0 Å². The van der Waals surface area contributed by atoms with Crippen LogP contribution < -0.4 is 0 Å². The Morgan fingerprint density at radius 1 is 0.533 bits per heavy atom. The lowest BCUT2D eigenvalue weighted by atomic mass is 9.95. The lowest BCUT2D eigenvalue weighted by Gasteiger charge is -2.13. The van der Waals surface area contributed by atoms with E-state index < -0.39 is 0 Å². The minimum atomic E-state index is 0.264. The highest BCUT2D eigenvalue weighted by Gasteiger charge is 2.21. The van der Waals surface area contributed by atoms with Gasteiger partial charge in [-0.2, -0.15) is 0 Å². The molecule has 2 heteroatoms. The van der Waals surface area contributed by atoms with Gasteiger partial charge in [-0.3, -0.25) is 0 Å². The Bertz CT molecular complexity index is 603. The number of hydrogen-bond acceptors (Lipinski definition) is 2. The highest BCUT2D eigenvalue weighted by molar-refractivity contribution is 5.22. The minimum Gasteiger partial charge on any atom is -0.465 e. The minimum absolute atomic E-state index is 0.264. The van der Waals surface area contributed by atoms with Gasteiger partial charge in [-0.1, -0.05) is 91.4 Å². The van der Waals surface area contributed by atoms with E-state index in [-0.39, 0.29) is 5.92 Å². The molecule has 0 saturated carbocycles. The monoisotopic (exact) mass is 414 g/mol. The Kier molecular flexibility index (Phi) is 12.7. The van der Waals surface area contributed by atoms with Crippen LogP contribution in [0.25, 0.3) is 0 Å². The maximum atomic E-state index is 6.30. The van der Waals surface area contributed by atoms with Crippen LogP contribution in [0.2, 0.25) is 0 Å². The predicted molar refractivity (Wildman–Crippen MR) is 128 cm³/mol. The van der Waals surface area contributed by atoms with Crippen molar-refractivity contribution < 1.29 is 8.83 Å². The van der Waals surface area contributed by atoms with E-state index in [1.807, 2.05) is 0 Å². The van der Waals surface area contributed by atoms with Crippen LogP contribution in [0.5, 0.6) is 0 Å². The van der Waals surface area contributed by atoms with Crippen molar-refractivity contribution in [3.63, 3.8) is 0 Å². The van der Waals surface area contributed by atoms with Crippen LogP contribution in [0.15, 0.2) is 33.1 Å². The van der Waals surface area contributed by atoms with Crippen molar-refractivity contribution in [2.24, 2.45) is 0 Å². The summed E-state index contributed by atoms with van der Waals surface area (Å²) in [5.74, 6) is 4.74.